The summed E-state index contributed by atoms with van der Waals surface area (Å²) in [7, 11) is 1.21. The molecule has 0 heterocycles. The summed E-state index contributed by atoms with van der Waals surface area (Å²) in [5.74, 6) is -0.503. The van der Waals surface area contributed by atoms with Crippen LogP contribution in [0.1, 0.15) is 34.6 Å². The standard InChI is InChI=1S/C12H20O5/c1-7-9(8(2)16-11(14)15-6)10(13)17-12(3,4)5/h7-8H,1-6H3/b9-7-/t8-/m0/s1. The van der Waals surface area contributed by atoms with E-state index >= 15 is 0 Å². The summed E-state index contributed by atoms with van der Waals surface area (Å²) in [4.78, 5) is 22.7. The zero-order chi connectivity index (χ0) is 13.6. The first kappa shape index (κ1) is 15.5. The first-order chi connectivity index (χ1) is 7.71. The van der Waals surface area contributed by atoms with Crippen molar-refractivity contribution in [3.63, 3.8) is 0 Å². The maximum atomic E-state index is 11.8. The largest absolute Gasteiger partial charge is 0.508 e. The Morgan fingerprint density at radius 1 is 1.24 bits per heavy atom. The van der Waals surface area contributed by atoms with Crippen molar-refractivity contribution >= 4 is 12.1 Å². The van der Waals surface area contributed by atoms with Gasteiger partial charge in [0.15, 0.2) is 0 Å². The number of methoxy groups -OCH3 is 1. The van der Waals surface area contributed by atoms with Gasteiger partial charge in [-0.15, -0.1) is 0 Å². The summed E-state index contributed by atoms with van der Waals surface area (Å²) < 4.78 is 14.4. The number of hydrogen-bond donors (Lipinski definition) is 0. The van der Waals surface area contributed by atoms with Crippen LogP contribution in [0.25, 0.3) is 0 Å². The Labute approximate surface area is 102 Å². The Morgan fingerprint density at radius 2 is 1.76 bits per heavy atom. The van der Waals surface area contributed by atoms with Crippen LogP contribution in [0.3, 0.4) is 0 Å². The average molecular weight is 244 g/mol. The monoisotopic (exact) mass is 244 g/mol. The van der Waals surface area contributed by atoms with Crippen LogP contribution in [0.4, 0.5) is 4.79 Å². The molecule has 5 heteroatoms. The van der Waals surface area contributed by atoms with E-state index in [4.69, 9.17) is 9.47 Å². The van der Waals surface area contributed by atoms with Crippen LogP contribution in [0.15, 0.2) is 11.6 Å². The van der Waals surface area contributed by atoms with E-state index in [0.29, 0.717) is 0 Å². The molecule has 0 aliphatic rings. The van der Waals surface area contributed by atoms with Gasteiger partial charge >= 0.3 is 12.1 Å². The lowest BCUT2D eigenvalue weighted by Crippen LogP contribution is -2.29. The Hall–Kier alpha value is -1.52. The first-order valence-corrected chi connectivity index (χ1v) is 5.35. The Bertz CT molecular complexity index is 311. The van der Waals surface area contributed by atoms with Crippen LogP contribution in [0, 0.1) is 0 Å². The number of ether oxygens (including phenoxy) is 3. The molecule has 0 bridgehead atoms. The minimum atomic E-state index is -0.833. The molecule has 98 valence electrons. The van der Waals surface area contributed by atoms with Gasteiger partial charge < -0.3 is 14.2 Å². The number of hydrogen-bond acceptors (Lipinski definition) is 5. The molecule has 0 radical (unpaired) electrons. The second-order valence-corrected chi connectivity index (χ2v) is 4.46. The summed E-state index contributed by atoms with van der Waals surface area (Å²) in [6, 6.07) is 0. The molecular weight excluding hydrogens is 224 g/mol. The van der Waals surface area contributed by atoms with E-state index in [1.54, 1.807) is 40.7 Å². The molecule has 5 nitrogen and oxygen atoms in total. The van der Waals surface area contributed by atoms with Crippen LogP contribution < -0.4 is 0 Å². The van der Waals surface area contributed by atoms with E-state index < -0.39 is 23.8 Å². The number of carbonyl (C=O) groups excluding carboxylic acids is 2. The highest BCUT2D eigenvalue weighted by Gasteiger charge is 2.25. The minimum Gasteiger partial charge on any atom is -0.457 e. The Morgan fingerprint density at radius 3 is 2.12 bits per heavy atom. The lowest BCUT2D eigenvalue weighted by Gasteiger charge is -2.22. The maximum Gasteiger partial charge on any atom is 0.508 e. The van der Waals surface area contributed by atoms with Gasteiger partial charge in [0.2, 0.25) is 0 Å². The second-order valence-electron chi connectivity index (χ2n) is 4.46. The summed E-state index contributed by atoms with van der Waals surface area (Å²) in [5, 5.41) is 0. The zero-order valence-corrected chi connectivity index (χ0v) is 11.2. The van der Waals surface area contributed by atoms with Crippen molar-refractivity contribution in [2.75, 3.05) is 7.11 Å². The molecule has 0 amide bonds. The van der Waals surface area contributed by atoms with Gasteiger partial charge in [0.25, 0.3) is 0 Å². The molecule has 0 aliphatic heterocycles. The van der Waals surface area contributed by atoms with E-state index in [1.807, 2.05) is 0 Å². The Kier molecular flexibility index (Phi) is 5.71. The quantitative estimate of drug-likeness (QED) is 0.563. The van der Waals surface area contributed by atoms with Crippen LogP contribution in [0.5, 0.6) is 0 Å². The summed E-state index contributed by atoms with van der Waals surface area (Å²) in [5.41, 5.74) is -0.304. The highest BCUT2D eigenvalue weighted by molar-refractivity contribution is 5.90. The van der Waals surface area contributed by atoms with Crippen molar-refractivity contribution in [2.45, 2.75) is 46.3 Å². The van der Waals surface area contributed by atoms with Gasteiger partial charge in [-0.25, -0.2) is 9.59 Å². The molecule has 0 fully saturated rings. The summed E-state index contributed by atoms with van der Waals surface area (Å²) in [6.07, 6.45) is 0.0181. The zero-order valence-electron chi connectivity index (χ0n) is 11.2. The molecule has 0 spiro atoms. The first-order valence-electron chi connectivity index (χ1n) is 5.35. The molecule has 1 atom stereocenters. The molecule has 0 saturated heterocycles. The molecule has 0 aliphatic carbocycles. The third-order valence-electron chi connectivity index (χ3n) is 1.82. The van der Waals surface area contributed by atoms with Crippen LogP contribution in [-0.2, 0) is 19.0 Å². The van der Waals surface area contributed by atoms with E-state index in [1.165, 1.54) is 7.11 Å². The molecule has 0 unspecified atom stereocenters. The van der Waals surface area contributed by atoms with Crippen molar-refractivity contribution < 1.29 is 23.8 Å². The van der Waals surface area contributed by atoms with E-state index in [2.05, 4.69) is 4.74 Å². The Balaban J connectivity index is 4.63. The van der Waals surface area contributed by atoms with Gasteiger partial charge in [0, 0.05) is 0 Å². The van der Waals surface area contributed by atoms with Crippen LogP contribution >= 0.6 is 0 Å². The van der Waals surface area contributed by atoms with Crippen molar-refractivity contribution in [3.05, 3.63) is 11.6 Å². The molecule has 0 rings (SSSR count). The highest BCUT2D eigenvalue weighted by Crippen LogP contribution is 2.15. The molecule has 0 aromatic carbocycles. The predicted molar refractivity (Wildman–Crippen MR) is 62.6 cm³/mol. The maximum absolute atomic E-state index is 11.8. The van der Waals surface area contributed by atoms with Gasteiger partial charge in [-0.1, -0.05) is 6.08 Å². The van der Waals surface area contributed by atoms with Gasteiger partial charge in [-0.3, -0.25) is 0 Å². The molecule has 0 N–H and O–H groups in total. The second kappa shape index (κ2) is 6.27. The average Bonchev–Trinajstić information content (AvgIpc) is 2.15. The fourth-order valence-electron chi connectivity index (χ4n) is 1.11. The predicted octanol–water partition coefficient (Wildman–Crippen LogP) is 2.45. The number of allylic oxidation sites excluding steroid dienone is 1. The third kappa shape index (κ3) is 5.94. The molecule has 0 aromatic heterocycles. The fourth-order valence-corrected chi connectivity index (χ4v) is 1.11. The van der Waals surface area contributed by atoms with Crippen LogP contribution in [-0.4, -0.2) is 30.9 Å². The molecule has 0 saturated carbocycles. The van der Waals surface area contributed by atoms with E-state index in [9.17, 15) is 9.59 Å². The number of carbonyl (C=O) groups is 2. The van der Waals surface area contributed by atoms with E-state index in [0.717, 1.165) is 0 Å². The van der Waals surface area contributed by atoms with Gasteiger partial charge in [0.1, 0.15) is 11.7 Å². The minimum absolute atomic E-state index is 0.283. The number of rotatable bonds is 3. The molecule has 17 heavy (non-hydrogen) atoms. The van der Waals surface area contributed by atoms with Gasteiger partial charge in [-0.2, -0.15) is 0 Å². The van der Waals surface area contributed by atoms with Crippen molar-refractivity contribution in [1.29, 1.82) is 0 Å². The van der Waals surface area contributed by atoms with Gasteiger partial charge in [-0.05, 0) is 34.6 Å². The molecular formula is C12H20O5. The fraction of sp³-hybridized carbons (Fsp3) is 0.667. The van der Waals surface area contributed by atoms with E-state index in [-0.39, 0.29) is 5.57 Å². The summed E-state index contributed by atoms with van der Waals surface area (Å²) >= 11 is 0. The highest BCUT2D eigenvalue weighted by atomic mass is 16.7. The SMILES string of the molecule is C/C=C(\C(=O)OC(C)(C)C)[C@H](C)OC(=O)OC. The normalized spacial score (nSPS) is 13.9. The summed E-state index contributed by atoms with van der Waals surface area (Å²) in [6.45, 7) is 8.56. The third-order valence-corrected chi connectivity index (χ3v) is 1.82. The topological polar surface area (TPSA) is 61.8 Å². The van der Waals surface area contributed by atoms with Crippen molar-refractivity contribution in [2.24, 2.45) is 0 Å². The van der Waals surface area contributed by atoms with Gasteiger partial charge in [0.05, 0.1) is 12.7 Å². The van der Waals surface area contributed by atoms with Crippen molar-refractivity contribution in [1.82, 2.24) is 0 Å². The van der Waals surface area contributed by atoms with Crippen molar-refractivity contribution in [3.8, 4) is 0 Å². The lowest BCUT2D eigenvalue weighted by molar-refractivity contribution is -0.151. The number of esters is 1. The smallest absolute Gasteiger partial charge is 0.457 e. The van der Waals surface area contributed by atoms with Crippen LogP contribution in [0.2, 0.25) is 0 Å². The lowest BCUT2D eigenvalue weighted by atomic mass is 10.1. The molecule has 0 aromatic rings.